The Kier molecular flexibility index (Phi) is 2.89. The predicted octanol–water partition coefficient (Wildman–Crippen LogP) is 2.19. The van der Waals surface area contributed by atoms with Gasteiger partial charge in [-0.15, -0.1) is 23.2 Å². The van der Waals surface area contributed by atoms with Crippen molar-refractivity contribution >= 4 is 40.5 Å². The molecule has 2 unspecified atom stereocenters. The van der Waals surface area contributed by atoms with Gasteiger partial charge in [0.25, 0.3) is 5.69 Å². The first-order chi connectivity index (χ1) is 7.95. The highest BCUT2D eigenvalue weighted by Crippen LogP contribution is 2.33. The summed E-state index contributed by atoms with van der Waals surface area (Å²) >= 11 is 11.4. The first-order valence-corrected chi connectivity index (χ1v) is 5.46. The maximum atomic E-state index is 11.8. The monoisotopic (exact) mass is 273 g/mol. The molecule has 1 aliphatic rings. The van der Waals surface area contributed by atoms with Crippen LogP contribution < -0.4 is 0 Å². The van der Waals surface area contributed by atoms with Crippen molar-refractivity contribution in [1.82, 2.24) is 0 Å². The highest BCUT2D eigenvalue weighted by Gasteiger charge is 2.42. The van der Waals surface area contributed by atoms with Crippen molar-refractivity contribution in [2.24, 2.45) is 0 Å². The molecule has 0 radical (unpaired) electrons. The SMILES string of the molecule is O=C1c2cccc([N+](=O)[O-])c2C(=O)C(Cl)C1Cl. The number of nitro benzene ring substituents is 1. The van der Waals surface area contributed by atoms with Gasteiger partial charge in [0.05, 0.1) is 4.92 Å². The van der Waals surface area contributed by atoms with Crippen LogP contribution in [-0.4, -0.2) is 27.2 Å². The topological polar surface area (TPSA) is 77.3 Å². The van der Waals surface area contributed by atoms with Crippen molar-refractivity contribution in [1.29, 1.82) is 0 Å². The molecule has 17 heavy (non-hydrogen) atoms. The lowest BCUT2D eigenvalue weighted by molar-refractivity contribution is -0.385. The molecule has 1 aromatic carbocycles. The Balaban J connectivity index is 2.74. The molecule has 7 heteroatoms. The lowest BCUT2D eigenvalue weighted by Crippen LogP contribution is -2.38. The number of alkyl halides is 2. The Morgan fingerprint density at radius 3 is 2.29 bits per heavy atom. The largest absolute Gasteiger partial charge is 0.292 e. The van der Waals surface area contributed by atoms with Gasteiger partial charge in [-0.3, -0.25) is 19.7 Å². The van der Waals surface area contributed by atoms with Crippen LogP contribution in [0.4, 0.5) is 5.69 Å². The summed E-state index contributed by atoms with van der Waals surface area (Å²) in [7, 11) is 0. The number of hydrogen-bond acceptors (Lipinski definition) is 4. The fourth-order valence-electron chi connectivity index (χ4n) is 1.71. The number of ketones is 2. The quantitative estimate of drug-likeness (QED) is 0.446. The molecular formula is C10H5Cl2NO4. The zero-order valence-electron chi connectivity index (χ0n) is 8.22. The molecule has 1 aliphatic carbocycles. The molecule has 0 saturated heterocycles. The fraction of sp³-hybridized carbons (Fsp3) is 0.200. The molecule has 0 spiro atoms. The van der Waals surface area contributed by atoms with E-state index in [0.29, 0.717) is 0 Å². The average Bonchev–Trinajstić information content (AvgIpc) is 2.32. The van der Waals surface area contributed by atoms with Gasteiger partial charge in [0.1, 0.15) is 16.3 Å². The van der Waals surface area contributed by atoms with Gasteiger partial charge in [-0.2, -0.15) is 0 Å². The number of carbonyl (C=O) groups is 2. The van der Waals surface area contributed by atoms with E-state index in [1.807, 2.05) is 0 Å². The van der Waals surface area contributed by atoms with E-state index in [1.165, 1.54) is 12.1 Å². The standard InChI is InChI=1S/C10H5Cl2NO4/c11-7-8(12)10(15)6-4(9(7)14)2-1-3-5(6)13(16)17/h1-3,7-8H. The van der Waals surface area contributed by atoms with E-state index in [-0.39, 0.29) is 11.1 Å². The molecule has 0 fully saturated rings. The van der Waals surface area contributed by atoms with Crippen molar-refractivity contribution in [3.8, 4) is 0 Å². The number of Topliss-reactive ketones (excluding diaryl/α,β-unsaturated/α-hetero) is 2. The van der Waals surface area contributed by atoms with Crippen LogP contribution >= 0.6 is 23.2 Å². The molecule has 0 saturated carbocycles. The van der Waals surface area contributed by atoms with Crippen molar-refractivity contribution in [2.45, 2.75) is 10.8 Å². The minimum Gasteiger partial charge on any atom is -0.292 e. The molecular weight excluding hydrogens is 269 g/mol. The Morgan fingerprint density at radius 1 is 1.12 bits per heavy atom. The Bertz CT molecular complexity index is 543. The van der Waals surface area contributed by atoms with Gasteiger partial charge in [0, 0.05) is 11.6 Å². The Labute approximate surface area is 105 Å². The van der Waals surface area contributed by atoms with Crippen LogP contribution in [0.1, 0.15) is 20.7 Å². The minimum atomic E-state index is -1.27. The predicted molar refractivity (Wildman–Crippen MR) is 61.0 cm³/mol. The van der Waals surface area contributed by atoms with Crippen LogP contribution in [0.5, 0.6) is 0 Å². The Morgan fingerprint density at radius 2 is 1.71 bits per heavy atom. The summed E-state index contributed by atoms with van der Waals surface area (Å²) in [5.41, 5.74) is -0.712. The van der Waals surface area contributed by atoms with E-state index >= 15 is 0 Å². The van der Waals surface area contributed by atoms with Crippen LogP contribution in [-0.2, 0) is 0 Å². The third-order valence-electron chi connectivity index (χ3n) is 2.51. The summed E-state index contributed by atoms with van der Waals surface area (Å²) in [5, 5.41) is 8.33. The number of fused-ring (bicyclic) bond motifs is 1. The molecule has 0 aliphatic heterocycles. The smallest absolute Gasteiger partial charge is 0.280 e. The fourth-order valence-corrected chi connectivity index (χ4v) is 2.16. The zero-order valence-corrected chi connectivity index (χ0v) is 9.73. The summed E-state index contributed by atoms with van der Waals surface area (Å²) in [5.74, 6) is -1.25. The van der Waals surface area contributed by atoms with Crippen LogP contribution in [0.2, 0.25) is 0 Å². The van der Waals surface area contributed by atoms with Gasteiger partial charge >= 0.3 is 0 Å². The van der Waals surface area contributed by atoms with E-state index in [2.05, 4.69) is 0 Å². The highest BCUT2D eigenvalue weighted by atomic mass is 35.5. The summed E-state index contributed by atoms with van der Waals surface area (Å²) in [6, 6.07) is 3.82. The summed E-state index contributed by atoms with van der Waals surface area (Å²) in [4.78, 5) is 33.6. The number of nitrogens with zero attached hydrogens (tertiary/aromatic N) is 1. The van der Waals surface area contributed by atoms with Crippen LogP contribution in [0.25, 0.3) is 0 Å². The zero-order chi connectivity index (χ0) is 12.7. The molecule has 2 rings (SSSR count). The van der Waals surface area contributed by atoms with Crippen molar-refractivity contribution in [3.05, 3.63) is 39.4 Å². The first-order valence-electron chi connectivity index (χ1n) is 4.59. The van der Waals surface area contributed by atoms with E-state index in [9.17, 15) is 19.7 Å². The third kappa shape index (κ3) is 1.71. The van der Waals surface area contributed by atoms with Gasteiger partial charge in [0.2, 0.25) is 0 Å². The second kappa shape index (κ2) is 4.09. The lowest BCUT2D eigenvalue weighted by Gasteiger charge is -2.21. The third-order valence-corrected chi connectivity index (χ3v) is 3.54. The maximum absolute atomic E-state index is 11.8. The second-order valence-corrected chi connectivity index (χ2v) is 4.43. The van der Waals surface area contributed by atoms with Crippen LogP contribution in [0, 0.1) is 10.1 Å². The molecule has 0 heterocycles. The summed E-state index contributed by atoms with van der Waals surface area (Å²) < 4.78 is 0. The molecule has 0 N–H and O–H groups in total. The van der Waals surface area contributed by atoms with E-state index in [4.69, 9.17) is 23.2 Å². The number of carbonyl (C=O) groups excluding carboxylic acids is 2. The van der Waals surface area contributed by atoms with Crippen molar-refractivity contribution < 1.29 is 14.5 Å². The van der Waals surface area contributed by atoms with Crippen LogP contribution in [0.3, 0.4) is 0 Å². The summed E-state index contributed by atoms with van der Waals surface area (Å²) in [6.07, 6.45) is 0. The van der Waals surface area contributed by atoms with Gasteiger partial charge in [-0.25, -0.2) is 0 Å². The van der Waals surface area contributed by atoms with Gasteiger partial charge in [-0.05, 0) is 0 Å². The number of benzene rings is 1. The maximum Gasteiger partial charge on any atom is 0.280 e. The van der Waals surface area contributed by atoms with Gasteiger partial charge < -0.3 is 0 Å². The van der Waals surface area contributed by atoms with Crippen molar-refractivity contribution in [3.63, 3.8) is 0 Å². The average molecular weight is 274 g/mol. The minimum absolute atomic E-state index is 0.0406. The second-order valence-electron chi connectivity index (χ2n) is 3.49. The van der Waals surface area contributed by atoms with E-state index in [1.54, 1.807) is 0 Å². The molecule has 88 valence electrons. The molecule has 0 bridgehead atoms. The Hall–Kier alpha value is -1.46. The highest BCUT2D eigenvalue weighted by molar-refractivity contribution is 6.49. The number of halogens is 2. The number of nitro groups is 1. The number of rotatable bonds is 1. The van der Waals surface area contributed by atoms with Crippen LogP contribution in [0.15, 0.2) is 18.2 Å². The first kappa shape index (κ1) is 12.0. The normalized spacial score (nSPS) is 23.4. The molecule has 2 atom stereocenters. The van der Waals surface area contributed by atoms with Gasteiger partial charge in [-0.1, -0.05) is 12.1 Å². The number of hydrogen-bond donors (Lipinski definition) is 0. The molecule has 5 nitrogen and oxygen atoms in total. The molecule has 0 aromatic heterocycles. The van der Waals surface area contributed by atoms with Crippen molar-refractivity contribution in [2.75, 3.05) is 0 Å². The van der Waals surface area contributed by atoms with E-state index in [0.717, 1.165) is 6.07 Å². The summed E-state index contributed by atoms with van der Waals surface area (Å²) in [6.45, 7) is 0. The lowest BCUT2D eigenvalue weighted by atomic mass is 9.88. The van der Waals surface area contributed by atoms with Gasteiger partial charge in [0.15, 0.2) is 11.6 Å². The molecule has 0 amide bonds. The molecule has 1 aromatic rings. The van der Waals surface area contributed by atoms with E-state index < -0.39 is 32.9 Å².